The van der Waals surface area contributed by atoms with E-state index in [2.05, 4.69) is 6.07 Å². The zero-order valence-corrected chi connectivity index (χ0v) is 9.68. The SMILES string of the molecule is COCCC(C)C(O)c1ccc(C#N)cc1. The Labute approximate surface area is 96.3 Å². The minimum absolute atomic E-state index is 0.146. The van der Waals surface area contributed by atoms with Gasteiger partial charge in [-0.2, -0.15) is 5.26 Å². The third-order valence-corrected chi connectivity index (χ3v) is 2.70. The number of nitrogens with zero attached hydrogens (tertiary/aromatic N) is 1. The van der Waals surface area contributed by atoms with Crippen molar-refractivity contribution in [1.82, 2.24) is 0 Å². The van der Waals surface area contributed by atoms with Gasteiger partial charge in [0.2, 0.25) is 0 Å². The lowest BCUT2D eigenvalue weighted by Crippen LogP contribution is -2.11. The highest BCUT2D eigenvalue weighted by atomic mass is 16.5. The molecule has 1 aromatic carbocycles. The summed E-state index contributed by atoms with van der Waals surface area (Å²) in [6.45, 7) is 2.64. The molecule has 0 radical (unpaired) electrons. The molecule has 1 N–H and O–H groups in total. The second-order valence-electron chi connectivity index (χ2n) is 3.94. The summed E-state index contributed by atoms with van der Waals surface area (Å²) < 4.78 is 4.98. The van der Waals surface area contributed by atoms with Gasteiger partial charge in [0, 0.05) is 13.7 Å². The Morgan fingerprint density at radius 3 is 2.50 bits per heavy atom. The van der Waals surface area contributed by atoms with Crippen LogP contribution in [-0.2, 0) is 4.74 Å². The molecule has 3 heteroatoms. The first-order valence-corrected chi connectivity index (χ1v) is 5.36. The maximum Gasteiger partial charge on any atom is 0.0991 e. The van der Waals surface area contributed by atoms with Gasteiger partial charge in [-0.1, -0.05) is 19.1 Å². The number of aliphatic hydroxyl groups excluding tert-OH is 1. The Bertz CT molecular complexity index is 353. The van der Waals surface area contributed by atoms with Gasteiger partial charge in [-0.05, 0) is 30.0 Å². The van der Waals surface area contributed by atoms with Crippen LogP contribution in [0.2, 0.25) is 0 Å². The molecule has 0 aliphatic carbocycles. The van der Waals surface area contributed by atoms with E-state index in [1.165, 1.54) is 0 Å². The fourth-order valence-electron chi connectivity index (χ4n) is 1.54. The van der Waals surface area contributed by atoms with Crippen LogP contribution in [0.15, 0.2) is 24.3 Å². The average Bonchev–Trinajstić information content (AvgIpc) is 2.35. The van der Waals surface area contributed by atoms with Gasteiger partial charge in [0.05, 0.1) is 17.7 Å². The summed E-state index contributed by atoms with van der Waals surface area (Å²) in [5.41, 5.74) is 1.46. The first-order valence-electron chi connectivity index (χ1n) is 5.36. The minimum Gasteiger partial charge on any atom is -0.388 e. The molecular formula is C13H17NO2. The van der Waals surface area contributed by atoms with Crippen LogP contribution >= 0.6 is 0 Å². The Balaban J connectivity index is 2.65. The number of methoxy groups -OCH3 is 1. The lowest BCUT2D eigenvalue weighted by Gasteiger charge is -2.18. The average molecular weight is 219 g/mol. The largest absolute Gasteiger partial charge is 0.388 e. The minimum atomic E-state index is -0.497. The Morgan fingerprint density at radius 2 is 2.00 bits per heavy atom. The van der Waals surface area contributed by atoms with Crippen LogP contribution in [0.25, 0.3) is 0 Å². The van der Waals surface area contributed by atoms with Crippen LogP contribution < -0.4 is 0 Å². The number of ether oxygens (including phenoxy) is 1. The predicted octanol–water partition coefficient (Wildman–Crippen LogP) is 2.26. The van der Waals surface area contributed by atoms with Gasteiger partial charge in [-0.25, -0.2) is 0 Å². The number of aliphatic hydroxyl groups is 1. The van der Waals surface area contributed by atoms with Gasteiger partial charge in [0.15, 0.2) is 0 Å². The van der Waals surface area contributed by atoms with Crippen LogP contribution in [0, 0.1) is 17.2 Å². The van der Waals surface area contributed by atoms with Crippen molar-refractivity contribution in [1.29, 1.82) is 5.26 Å². The second kappa shape index (κ2) is 6.26. The molecule has 0 amide bonds. The van der Waals surface area contributed by atoms with E-state index in [4.69, 9.17) is 10.00 Å². The van der Waals surface area contributed by atoms with Crippen molar-refractivity contribution >= 4 is 0 Å². The third kappa shape index (κ3) is 3.34. The standard InChI is InChI=1S/C13H17NO2/c1-10(7-8-16-2)13(15)12-5-3-11(9-14)4-6-12/h3-6,10,13,15H,7-8H2,1-2H3. The molecular weight excluding hydrogens is 202 g/mol. The molecule has 0 aromatic heterocycles. The van der Waals surface area contributed by atoms with E-state index in [1.54, 1.807) is 31.4 Å². The van der Waals surface area contributed by atoms with Crippen LogP contribution in [0.4, 0.5) is 0 Å². The maximum atomic E-state index is 10.0. The highest BCUT2D eigenvalue weighted by Gasteiger charge is 2.15. The molecule has 0 saturated carbocycles. The van der Waals surface area contributed by atoms with E-state index in [0.29, 0.717) is 12.2 Å². The van der Waals surface area contributed by atoms with Crippen molar-refractivity contribution in [2.24, 2.45) is 5.92 Å². The van der Waals surface area contributed by atoms with Crippen LogP contribution in [0.3, 0.4) is 0 Å². The van der Waals surface area contributed by atoms with Crippen molar-refractivity contribution in [3.63, 3.8) is 0 Å². The molecule has 0 heterocycles. The maximum absolute atomic E-state index is 10.0. The van der Waals surface area contributed by atoms with E-state index in [9.17, 15) is 5.11 Å². The molecule has 86 valence electrons. The van der Waals surface area contributed by atoms with Crippen molar-refractivity contribution < 1.29 is 9.84 Å². The van der Waals surface area contributed by atoms with Crippen LogP contribution in [-0.4, -0.2) is 18.8 Å². The highest BCUT2D eigenvalue weighted by molar-refractivity contribution is 5.32. The first kappa shape index (κ1) is 12.7. The van der Waals surface area contributed by atoms with Gasteiger partial charge < -0.3 is 9.84 Å². The zero-order valence-electron chi connectivity index (χ0n) is 9.68. The molecule has 1 aromatic rings. The molecule has 3 nitrogen and oxygen atoms in total. The molecule has 16 heavy (non-hydrogen) atoms. The van der Waals surface area contributed by atoms with Crippen molar-refractivity contribution in [2.75, 3.05) is 13.7 Å². The van der Waals surface area contributed by atoms with Gasteiger partial charge >= 0.3 is 0 Å². The van der Waals surface area contributed by atoms with Gasteiger partial charge in [-0.15, -0.1) is 0 Å². The molecule has 0 fully saturated rings. The van der Waals surface area contributed by atoms with Gasteiger partial charge in [-0.3, -0.25) is 0 Å². The number of benzene rings is 1. The summed E-state index contributed by atoms with van der Waals surface area (Å²) in [5, 5.41) is 18.7. The number of hydrogen-bond donors (Lipinski definition) is 1. The van der Waals surface area contributed by atoms with E-state index in [-0.39, 0.29) is 5.92 Å². The Kier molecular flexibility index (Phi) is 4.97. The van der Waals surface area contributed by atoms with Crippen molar-refractivity contribution in [2.45, 2.75) is 19.4 Å². The Morgan fingerprint density at radius 1 is 1.38 bits per heavy atom. The summed E-state index contributed by atoms with van der Waals surface area (Å²) in [4.78, 5) is 0. The van der Waals surface area contributed by atoms with E-state index < -0.39 is 6.10 Å². The van der Waals surface area contributed by atoms with Crippen LogP contribution in [0.5, 0.6) is 0 Å². The quantitative estimate of drug-likeness (QED) is 0.826. The monoisotopic (exact) mass is 219 g/mol. The normalized spacial score (nSPS) is 14.1. The first-order chi connectivity index (χ1) is 7.69. The number of hydrogen-bond acceptors (Lipinski definition) is 3. The van der Waals surface area contributed by atoms with Crippen molar-refractivity contribution in [3.05, 3.63) is 35.4 Å². The van der Waals surface area contributed by atoms with E-state index >= 15 is 0 Å². The zero-order chi connectivity index (χ0) is 12.0. The molecule has 0 aliphatic heterocycles. The smallest absolute Gasteiger partial charge is 0.0991 e. The molecule has 2 unspecified atom stereocenters. The molecule has 0 aliphatic rings. The molecule has 0 saturated heterocycles. The summed E-state index contributed by atoms with van der Waals surface area (Å²) in [6, 6.07) is 9.10. The van der Waals surface area contributed by atoms with Crippen molar-refractivity contribution in [3.8, 4) is 6.07 Å². The molecule has 2 atom stereocenters. The highest BCUT2D eigenvalue weighted by Crippen LogP contribution is 2.24. The summed E-state index contributed by atoms with van der Waals surface area (Å²) in [5.74, 6) is 0.146. The Hall–Kier alpha value is -1.37. The summed E-state index contributed by atoms with van der Waals surface area (Å²) in [7, 11) is 1.65. The topological polar surface area (TPSA) is 53.2 Å². The fraction of sp³-hybridized carbons (Fsp3) is 0.462. The lowest BCUT2D eigenvalue weighted by atomic mass is 9.94. The van der Waals surface area contributed by atoms with E-state index in [1.807, 2.05) is 6.92 Å². The summed E-state index contributed by atoms with van der Waals surface area (Å²) >= 11 is 0. The van der Waals surface area contributed by atoms with E-state index in [0.717, 1.165) is 12.0 Å². The third-order valence-electron chi connectivity index (χ3n) is 2.70. The lowest BCUT2D eigenvalue weighted by molar-refractivity contribution is 0.0886. The molecule has 1 rings (SSSR count). The van der Waals surface area contributed by atoms with Gasteiger partial charge in [0.1, 0.15) is 0 Å². The predicted molar refractivity (Wildman–Crippen MR) is 61.8 cm³/mol. The van der Waals surface area contributed by atoms with Gasteiger partial charge in [0.25, 0.3) is 0 Å². The fourth-order valence-corrected chi connectivity index (χ4v) is 1.54. The molecule has 0 spiro atoms. The van der Waals surface area contributed by atoms with Crippen LogP contribution in [0.1, 0.15) is 30.6 Å². The number of rotatable bonds is 5. The second-order valence-corrected chi connectivity index (χ2v) is 3.94. The number of nitriles is 1. The summed E-state index contributed by atoms with van der Waals surface area (Å²) in [6.07, 6.45) is 0.320. The molecule has 0 bridgehead atoms.